The third-order valence-corrected chi connectivity index (χ3v) is 5.84. The highest BCUT2D eigenvalue weighted by atomic mass is 35.5. The largest absolute Gasteiger partial charge is 0.394 e. The number of fused-ring (bicyclic) bond motifs is 2. The van der Waals surface area contributed by atoms with Crippen LogP contribution in [0, 0.1) is 0 Å². The first-order chi connectivity index (χ1) is 13.4. The summed E-state index contributed by atoms with van der Waals surface area (Å²) < 4.78 is 19.8. The summed E-state index contributed by atoms with van der Waals surface area (Å²) in [7, 11) is 0. The fourth-order valence-electron chi connectivity index (χ4n) is 4.47. The second-order valence-electron chi connectivity index (χ2n) is 8.10. The molecule has 0 bridgehead atoms. The van der Waals surface area contributed by atoms with Gasteiger partial charge in [-0.1, -0.05) is 12.8 Å². The van der Waals surface area contributed by atoms with E-state index in [0.717, 1.165) is 12.8 Å². The zero-order valence-corrected chi connectivity index (χ0v) is 16.6. The molecule has 152 valence electrons. The number of nitrogens with one attached hydrogen (secondary N) is 1. The van der Waals surface area contributed by atoms with Crippen LogP contribution in [0.3, 0.4) is 0 Å². The maximum Gasteiger partial charge on any atom is 0.226 e. The molecule has 2 aliphatic heterocycles. The molecule has 2 N–H and O–H groups in total. The zero-order valence-electron chi connectivity index (χ0n) is 15.8. The Kier molecular flexibility index (Phi) is 4.48. The number of hydrogen-bond acceptors (Lipinski definition) is 8. The quantitative estimate of drug-likeness (QED) is 0.741. The molecule has 2 saturated heterocycles. The molecule has 2 aromatic rings. The monoisotopic (exact) mass is 409 g/mol. The molecule has 0 amide bonds. The van der Waals surface area contributed by atoms with Gasteiger partial charge in [0.15, 0.2) is 29.0 Å². The van der Waals surface area contributed by atoms with Gasteiger partial charge in [-0.3, -0.25) is 4.57 Å². The van der Waals surface area contributed by atoms with E-state index in [4.69, 9.17) is 25.8 Å². The van der Waals surface area contributed by atoms with Crippen LogP contribution >= 0.6 is 11.6 Å². The summed E-state index contributed by atoms with van der Waals surface area (Å²) in [6.07, 6.45) is 4.54. The Morgan fingerprint density at radius 1 is 1.25 bits per heavy atom. The molecular weight excluding hydrogens is 386 g/mol. The van der Waals surface area contributed by atoms with Crippen molar-refractivity contribution in [3.63, 3.8) is 0 Å². The number of halogens is 1. The van der Waals surface area contributed by atoms with Gasteiger partial charge in [0.25, 0.3) is 0 Å². The average Bonchev–Trinajstić information content (AvgIpc) is 3.38. The van der Waals surface area contributed by atoms with Crippen LogP contribution in [0.4, 0.5) is 5.82 Å². The summed E-state index contributed by atoms with van der Waals surface area (Å²) in [5.74, 6) is -0.110. The molecule has 9 nitrogen and oxygen atoms in total. The molecule has 10 heteroatoms. The fraction of sp³-hybridized carbons (Fsp3) is 0.722. The van der Waals surface area contributed by atoms with Crippen LogP contribution < -0.4 is 5.32 Å². The number of imidazole rings is 1. The van der Waals surface area contributed by atoms with Gasteiger partial charge in [0.1, 0.15) is 18.3 Å². The van der Waals surface area contributed by atoms with E-state index in [2.05, 4.69) is 20.3 Å². The number of ether oxygens (including phenoxy) is 3. The number of nitrogens with zero attached hydrogens (tertiary/aromatic N) is 4. The van der Waals surface area contributed by atoms with E-state index in [1.165, 1.54) is 12.8 Å². The molecule has 5 rings (SSSR count). The number of anilines is 1. The number of aliphatic hydroxyl groups excluding tert-OH is 1. The van der Waals surface area contributed by atoms with E-state index in [1.807, 2.05) is 13.8 Å². The van der Waals surface area contributed by atoms with Gasteiger partial charge in [-0.05, 0) is 38.3 Å². The molecule has 1 aliphatic carbocycles. The third-order valence-electron chi connectivity index (χ3n) is 5.67. The van der Waals surface area contributed by atoms with Gasteiger partial charge in [-0.25, -0.2) is 4.98 Å². The van der Waals surface area contributed by atoms with Crippen molar-refractivity contribution in [2.75, 3.05) is 11.9 Å². The molecular formula is C18H24ClN5O4. The van der Waals surface area contributed by atoms with Gasteiger partial charge >= 0.3 is 0 Å². The molecule has 0 aromatic carbocycles. The molecule has 2 aromatic heterocycles. The second-order valence-corrected chi connectivity index (χ2v) is 8.44. The number of rotatable bonds is 4. The molecule has 4 atom stereocenters. The Morgan fingerprint density at radius 3 is 2.75 bits per heavy atom. The fourth-order valence-corrected chi connectivity index (χ4v) is 4.63. The minimum Gasteiger partial charge on any atom is -0.394 e. The van der Waals surface area contributed by atoms with Gasteiger partial charge in [-0.15, -0.1) is 0 Å². The van der Waals surface area contributed by atoms with Crippen LogP contribution in [0.25, 0.3) is 11.2 Å². The first kappa shape index (κ1) is 18.5. The number of aliphatic hydroxyl groups is 1. The summed E-state index contributed by atoms with van der Waals surface area (Å²) in [6, 6.07) is 0.373. The van der Waals surface area contributed by atoms with E-state index in [9.17, 15) is 5.11 Å². The van der Waals surface area contributed by atoms with E-state index in [0.29, 0.717) is 23.0 Å². The molecule has 3 aliphatic rings. The molecule has 0 radical (unpaired) electrons. The zero-order chi connectivity index (χ0) is 19.5. The molecule has 0 unspecified atom stereocenters. The van der Waals surface area contributed by atoms with Crippen molar-refractivity contribution < 1.29 is 19.3 Å². The third kappa shape index (κ3) is 3.05. The SMILES string of the molecule is CC1(C)O[C@@H]2[C@H](O1)[C@@H](CO)O[C@H]2n1cnc2c(NC3CCCC3)nc(Cl)nc21. The van der Waals surface area contributed by atoms with Gasteiger partial charge in [0.2, 0.25) is 5.28 Å². The number of aromatic nitrogens is 4. The predicted octanol–water partition coefficient (Wildman–Crippen LogP) is 2.24. The van der Waals surface area contributed by atoms with Crippen LogP contribution in [0.5, 0.6) is 0 Å². The van der Waals surface area contributed by atoms with Crippen molar-refractivity contribution in [1.82, 2.24) is 19.5 Å². The van der Waals surface area contributed by atoms with Gasteiger partial charge in [-0.2, -0.15) is 9.97 Å². The summed E-state index contributed by atoms with van der Waals surface area (Å²) in [4.78, 5) is 13.3. The standard InChI is InChI=1S/C18H24ClN5O4/c1-18(2)27-12-10(7-25)26-16(13(12)28-18)24-8-20-11-14(21-9-5-3-4-6-9)22-17(19)23-15(11)24/h8-10,12-13,16,25H,3-7H2,1-2H3,(H,21,22,23)/t10-,12-,13-,16-/m1/s1. The van der Waals surface area contributed by atoms with Crippen molar-refractivity contribution in [3.8, 4) is 0 Å². The number of hydrogen-bond donors (Lipinski definition) is 2. The first-order valence-corrected chi connectivity index (χ1v) is 10.1. The Morgan fingerprint density at radius 2 is 2.00 bits per heavy atom. The highest BCUT2D eigenvalue weighted by Crippen LogP contribution is 2.43. The van der Waals surface area contributed by atoms with Crippen LogP contribution in [-0.2, 0) is 14.2 Å². The summed E-state index contributed by atoms with van der Waals surface area (Å²) in [6.45, 7) is 3.55. The van der Waals surface area contributed by atoms with Crippen molar-refractivity contribution in [2.45, 2.75) is 75.9 Å². The minimum absolute atomic E-state index is 0.145. The summed E-state index contributed by atoms with van der Waals surface area (Å²) in [5, 5.41) is 13.3. The lowest BCUT2D eigenvalue weighted by Gasteiger charge is -2.24. The Balaban J connectivity index is 1.52. The maximum absolute atomic E-state index is 9.72. The second kappa shape index (κ2) is 6.77. The Hall–Kier alpha value is -1.52. The molecule has 4 heterocycles. The van der Waals surface area contributed by atoms with Gasteiger partial charge < -0.3 is 24.6 Å². The van der Waals surface area contributed by atoms with Crippen LogP contribution in [-0.4, -0.2) is 61.4 Å². The van der Waals surface area contributed by atoms with Crippen molar-refractivity contribution in [2.24, 2.45) is 0 Å². The first-order valence-electron chi connectivity index (χ1n) is 9.74. The summed E-state index contributed by atoms with van der Waals surface area (Å²) >= 11 is 6.22. The molecule has 28 heavy (non-hydrogen) atoms. The Labute approximate surface area is 167 Å². The smallest absolute Gasteiger partial charge is 0.226 e. The van der Waals surface area contributed by atoms with E-state index >= 15 is 0 Å². The maximum atomic E-state index is 9.72. The molecule has 1 saturated carbocycles. The van der Waals surface area contributed by atoms with Crippen molar-refractivity contribution in [3.05, 3.63) is 11.6 Å². The van der Waals surface area contributed by atoms with Crippen molar-refractivity contribution >= 4 is 28.6 Å². The molecule has 0 spiro atoms. The lowest BCUT2D eigenvalue weighted by atomic mass is 10.1. The van der Waals surface area contributed by atoms with Crippen LogP contribution in [0.15, 0.2) is 6.33 Å². The topological polar surface area (TPSA) is 104 Å². The normalized spacial score (nSPS) is 32.3. The lowest BCUT2D eigenvalue weighted by molar-refractivity contribution is -0.199. The summed E-state index contributed by atoms with van der Waals surface area (Å²) in [5.41, 5.74) is 1.21. The highest BCUT2D eigenvalue weighted by Gasteiger charge is 2.56. The predicted molar refractivity (Wildman–Crippen MR) is 101 cm³/mol. The van der Waals surface area contributed by atoms with Crippen LogP contribution in [0.2, 0.25) is 5.28 Å². The Bertz CT molecular complexity index is 884. The lowest BCUT2D eigenvalue weighted by Crippen LogP contribution is -2.31. The van der Waals surface area contributed by atoms with Crippen LogP contribution in [0.1, 0.15) is 45.8 Å². The van der Waals surface area contributed by atoms with E-state index in [-0.39, 0.29) is 24.1 Å². The van der Waals surface area contributed by atoms with Gasteiger partial charge in [0.05, 0.1) is 12.9 Å². The average molecular weight is 410 g/mol. The molecule has 3 fully saturated rings. The highest BCUT2D eigenvalue weighted by molar-refractivity contribution is 6.28. The van der Waals surface area contributed by atoms with Crippen molar-refractivity contribution in [1.29, 1.82) is 0 Å². The van der Waals surface area contributed by atoms with E-state index in [1.54, 1.807) is 10.9 Å². The minimum atomic E-state index is -0.747. The van der Waals surface area contributed by atoms with E-state index < -0.39 is 18.1 Å². The van der Waals surface area contributed by atoms with Gasteiger partial charge in [0, 0.05) is 6.04 Å².